The molecule has 0 amide bonds. The van der Waals surface area contributed by atoms with Crippen molar-refractivity contribution in [3.8, 4) is 0 Å². The Labute approximate surface area is 157 Å². The molecule has 3 aromatic rings. The number of benzene rings is 1. The van der Waals surface area contributed by atoms with Crippen LogP contribution in [0, 0.1) is 20.6 Å². The third-order valence-corrected chi connectivity index (χ3v) is 3.99. The molecule has 0 fully saturated rings. The van der Waals surface area contributed by atoms with E-state index in [1.165, 1.54) is 6.33 Å². The topological polar surface area (TPSA) is 106 Å². The molecule has 0 aliphatic heterocycles. The fraction of sp³-hybridized carbons (Fsp3) is 0.0625. The molecular formula is C16H13IN6O2. The lowest BCUT2D eigenvalue weighted by atomic mass is 10.3. The molecule has 1 aromatic carbocycles. The Morgan fingerprint density at radius 2 is 1.72 bits per heavy atom. The molecule has 0 aliphatic rings. The molecule has 0 spiro atoms. The summed E-state index contributed by atoms with van der Waals surface area (Å²) in [5.74, 6) is 0.657. The van der Waals surface area contributed by atoms with Crippen LogP contribution < -0.4 is 10.6 Å². The number of hydrogen-bond donors (Lipinski definition) is 2. The number of aromatic nitrogens is 3. The minimum Gasteiger partial charge on any atom is -0.334 e. The van der Waals surface area contributed by atoms with Crippen LogP contribution in [0.2, 0.25) is 0 Å². The molecule has 0 aliphatic carbocycles. The zero-order chi connectivity index (χ0) is 17.8. The monoisotopic (exact) mass is 448 g/mol. The van der Waals surface area contributed by atoms with Gasteiger partial charge in [-0.2, -0.15) is 0 Å². The van der Waals surface area contributed by atoms with Gasteiger partial charge >= 0.3 is 5.69 Å². The summed E-state index contributed by atoms with van der Waals surface area (Å²) in [6, 6.07) is 11.0. The number of anilines is 4. The van der Waals surface area contributed by atoms with E-state index < -0.39 is 4.92 Å². The summed E-state index contributed by atoms with van der Waals surface area (Å²) in [4.78, 5) is 23.2. The first-order chi connectivity index (χ1) is 12.0. The SMILES string of the molecule is Cc1ccnc(Nc2ncnc(Nc3ccc(I)cc3)c2[N+](=O)[O-])c1. The minimum absolute atomic E-state index is 0.0751. The fourth-order valence-electron chi connectivity index (χ4n) is 2.13. The van der Waals surface area contributed by atoms with Gasteiger partial charge in [-0.25, -0.2) is 15.0 Å². The van der Waals surface area contributed by atoms with Crippen LogP contribution in [-0.2, 0) is 0 Å². The number of hydrogen-bond acceptors (Lipinski definition) is 7. The molecule has 0 atom stereocenters. The van der Waals surface area contributed by atoms with Gasteiger partial charge in [0.25, 0.3) is 0 Å². The summed E-state index contributed by atoms with van der Waals surface area (Å²) in [7, 11) is 0. The Hall–Kier alpha value is -2.82. The first kappa shape index (κ1) is 17.0. The molecule has 2 aromatic heterocycles. The van der Waals surface area contributed by atoms with Crippen LogP contribution in [0.5, 0.6) is 0 Å². The average Bonchev–Trinajstić information content (AvgIpc) is 2.57. The average molecular weight is 448 g/mol. The molecule has 0 radical (unpaired) electrons. The van der Waals surface area contributed by atoms with E-state index in [0.29, 0.717) is 11.5 Å². The first-order valence-corrected chi connectivity index (χ1v) is 8.32. The summed E-state index contributed by atoms with van der Waals surface area (Å²) in [5.41, 5.74) is 1.43. The van der Waals surface area contributed by atoms with Crippen molar-refractivity contribution in [1.82, 2.24) is 15.0 Å². The number of rotatable bonds is 5. The van der Waals surface area contributed by atoms with Crippen LogP contribution in [0.3, 0.4) is 0 Å². The first-order valence-electron chi connectivity index (χ1n) is 7.24. The Bertz CT molecular complexity index is 917. The van der Waals surface area contributed by atoms with Crippen molar-refractivity contribution < 1.29 is 4.92 Å². The number of nitrogens with one attached hydrogen (secondary N) is 2. The van der Waals surface area contributed by atoms with Crippen molar-refractivity contribution in [3.05, 3.63) is 68.2 Å². The van der Waals surface area contributed by atoms with Crippen molar-refractivity contribution in [2.24, 2.45) is 0 Å². The second-order valence-corrected chi connectivity index (χ2v) is 6.40. The number of halogens is 1. The molecule has 8 nitrogen and oxygen atoms in total. The number of aryl methyl sites for hydroxylation is 1. The van der Waals surface area contributed by atoms with Gasteiger partial charge in [-0.05, 0) is 71.5 Å². The molecule has 25 heavy (non-hydrogen) atoms. The summed E-state index contributed by atoms with van der Waals surface area (Å²) in [6.45, 7) is 1.91. The van der Waals surface area contributed by atoms with Gasteiger partial charge in [0.1, 0.15) is 12.1 Å². The highest BCUT2D eigenvalue weighted by molar-refractivity contribution is 14.1. The fourth-order valence-corrected chi connectivity index (χ4v) is 2.49. The summed E-state index contributed by atoms with van der Waals surface area (Å²) >= 11 is 2.19. The molecule has 2 heterocycles. The van der Waals surface area contributed by atoms with Gasteiger partial charge < -0.3 is 10.6 Å². The lowest BCUT2D eigenvalue weighted by molar-refractivity contribution is -0.383. The molecule has 9 heteroatoms. The Morgan fingerprint density at radius 1 is 1.04 bits per heavy atom. The van der Waals surface area contributed by atoms with Gasteiger partial charge in [0.15, 0.2) is 0 Å². The lowest BCUT2D eigenvalue weighted by Crippen LogP contribution is -2.06. The molecular weight excluding hydrogens is 435 g/mol. The molecule has 0 unspecified atom stereocenters. The molecule has 0 bridgehead atoms. The number of pyridine rings is 1. The van der Waals surface area contributed by atoms with E-state index in [0.717, 1.165) is 9.13 Å². The maximum atomic E-state index is 11.6. The third-order valence-electron chi connectivity index (χ3n) is 3.27. The number of nitrogens with zero attached hydrogens (tertiary/aromatic N) is 4. The highest BCUT2D eigenvalue weighted by Crippen LogP contribution is 2.32. The molecule has 0 saturated heterocycles. The van der Waals surface area contributed by atoms with Crippen LogP contribution in [0.15, 0.2) is 48.9 Å². The van der Waals surface area contributed by atoms with Gasteiger partial charge in [-0.1, -0.05) is 0 Å². The highest BCUT2D eigenvalue weighted by atomic mass is 127. The zero-order valence-corrected chi connectivity index (χ0v) is 15.3. The van der Waals surface area contributed by atoms with Crippen LogP contribution in [0.4, 0.5) is 28.8 Å². The van der Waals surface area contributed by atoms with Gasteiger partial charge in [-0.3, -0.25) is 10.1 Å². The van der Waals surface area contributed by atoms with Gasteiger partial charge in [0.05, 0.1) is 4.92 Å². The minimum atomic E-state index is -0.521. The van der Waals surface area contributed by atoms with Gasteiger partial charge in [0.2, 0.25) is 11.6 Å². The van der Waals surface area contributed by atoms with E-state index >= 15 is 0 Å². The van der Waals surface area contributed by atoms with Crippen molar-refractivity contribution in [2.45, 2.75) is 6.92 Å². The predicted molar refractivity (Wildman–Crippen MR) is 103 cm³/mol. The zero-order valence-electron chi connectivity index (χ0n) is 13.1. The second-order valence-electron chi connectivity index (χ2n) is 5.15. The standard InChI is InChI=1S/C16H13IN6O2/c1-10-6-7-18-13(8-10)22-16-14(23(24)25)15(19-9-20-16)21-12-4-2-11(17)3-5-12/h2-9H,1H3,(H2,18,19,20,21,22). The van der Waals surface area contributed by atoms with Crippen molar-refractivity contribution in [2.75, 3.05) is 10.6 Å². The van der Waals surface area contributed by atoms with Crippen LogP contribution in [0.1, 0.15) is 5.56 Å². The molecule has 3 rings (SSSR count). The summed E-state index contributed by atoms with van der Waals surface area (Å²) < 4.78 is 1.06. The largest absolute Gasteiger partial charge is 0.353 e. The maximum absolute atomic E-state index is 11.6. The second kappa shape index (κ2) is 7.38. The van der Waals surface area contributed by atoms with E-state index in [2.05, 4.69) is 48.2 Å². The van der Waals surface area contributed by atoms with Gasteiger partial charge in [-0.15, -0.1) is 0 Å². The van der Waals surface area contributed by atoms with Crippen molar-refractivity contribution >= 4 is 51.4 Å². The van der Waals surface area contributed by atoms with E-state index in [-0.39, 0.29) is 17.3 Å². The highest BCUT2D eigenvalue weighted by Gasteiger charge is 2.23. The Morgan fingerprint density at radius 3 is 2.36 bits per heavy atom. The quantitative estimate of drug-likeness (QED) is 0.343. The third kappa shape index (κ3) is 4.18. The van der Waals surface area contributed by atoms with Crippen LogP contribution >= 0.6 is 22.6 Å². The molecule has 0 saturated carbocycles. The van der Waals surface area contributed by atoms with Crippen LogP contribution in [0.25, 0.3) is 0 Å². The van der Waals surface area contributed by atoms with Gasteiger partial charge in [0, 0.05) is 15.5 Å². The van der Waals surface area contributed by atoms with E-state index in [1.54, 1.807) is 12.3 Å². The summed E-state index contributed by atoms with van der Waals surface area (Å²) in [6.07, 6.45) is 2.88. The Balaban J connectivity index is 1.96. The van der Waals surface area contributed by atoms with E-state index in [9.17, 15) is 10.1 Å². The lowest BCUT2D eigenvalue weighted by Gasteiger charge is -2.10. The normalized spacial score (nSPS) is 10.3. The molecule has 2 N–H and O–H groups in total. The molecule has 126 valence electrons. The number of nitro groups is 1. The predicted octanol–water partition coefficient (Wildman–Crippen LogP) is 4.18. The Kier molecular flexibility index (Phi) is 5.03. The van der Waals surface area contributed by atoms with E-state index in [4.69, 9.17) is 0 Å². The van der Waals surface area contributed by atoms with Crippen LogP contribution in [-0.4, -0.2) is 19.9 Å². The van der Waals surface area contributed by atoms with Crippen molar-refractivity contribution in [3.63, 3.8) is 0 Å². The maximum Gasteiger partial charge on any atom is 0.353 e. The summed E-state index contributed by atoms with van der Waals surface area (Å²) in [5, 5.41) is 17.4. The van der Waals surface area contributed by atoms with Crippen molar-refractivity contribution in [1.29, 1.82) is 0 Å². The van der Waals surface area contributed by atoms with E-state index in [1.807, 2.05) is 37.3 Å². The smallest absolute Gasteiger partial charge is 0.334 e.